The lowest BCUT2D eigenvalue weighted by molar-refractivity contribution is 0.0954. The van der Waals surface area contributed by atoms with Crippen LogP contribution in [0.3, 0.4) is 0 Å². The number of benzene rings is 2. The van der Waals surface area contributed by atoms with Crippen molar-refractivity contribution in [2.24, 2.45) is 0 Å². The van der Waals surface area contributed by atoms with E-state index in [0.717, 1.165) is 34.0 Å². The number of fused-ring (bicyclic) bond motifs is 1. The minimum absolute atomic E-state index is 0.0658. The van der Waals surface area contributed by atoms with Crippen molar-refractivity contribution in [3.8, 4) is 0 Å². The fraction of sp³-hybridized carbons (Fsp3) is 0.130. The molecule has 29 heavy (non-hydrogen) atoms. The normalized spacial score (nSPS) is 10.9. The molecule has 146 valence electrons. The molecule has 0 aliphatic heterocycles. The van der Waals surface area contributed by atoms with Gasteiger partial charge in [0.1, 0.15) is 5.65 Å². The summed E-state index contributed by atoms with van der Waals surface area (Å²) < 4.78 is 2.02. The summed E-state index contributed by atoms with van der Waals surface area (Å²) in [7, 11) is 0. The maximum atomic E-state index is 12.3. The van der Waals surface area contributed by atoms with Gasteiger partial charge in [-0.2, -0.15) is 0 Å². The number of hydrogen-bond donors (Lipinski definition) is 1. The van der Waals surface area contributed by atoms with Crippen molar-refractivity contribution in [2.75, 3.05) is 6.54 Å². The van der Waals surface area contributed by atoms with E-state index in [4.69, 9.17) is 11.6 Å². The van der Waals surface area contributed by atoms with Crippen molar-refractivity contribution < 1.29 is 4.79 Å². The number of amides is 1. The highest BCUT2D eigenvalue weighted by Crippen LogP contribution is 2.23. The van der Waals surface area contributed by atoms with Crippen LogP contribution in [0.5, 0.6) is 0 Å². The maximum Gasteiger partial charge on any atom is 0.251 e. The van der Waals surface area contributed by atoms with E-state index in [0.29, 0.717) is 17.1 Å². The summed E-state index contributed by atoms with van der Waals surface area (Å²) in [5.74, 6) is 0.719. The molecule has 0 radical (unpaired) electrons. The first kappa shape index (κ1) is 19.6. The van der Waals surface area contributed by atoms with Crippen molar-refractivity contribution in [1.82, 2.24) is 14.7 Å². The number of nitrogens with zero attached hydrogens (tertiary/aromatic N) is 2. The van der Waals surface area contributed by atoms with E-state index in [-0.39, 0.29) is 5.91 Å². The van der Waals surface area contributed by atoms with Crippen LogP contribution < -0.4 is 5.32 Å². The van der Waals surface area contributed by atoms with Crippen LogP contribution in [0.2, 0.25) is 5.02 Å². The van der Waals surface area contributed by atoms with E-state index in [1.807, 2.05) is 83.5 Å². The number of pyridine rings is 1. The van der Waals surface area contributed by atoms with Crippen LogP contribution in [0.4, 0.5) is 0 Å². The van der Waals surface area contributed by atoms with E-state index in [1.165, 1.54) is 0 Å². The van der Waals surface area contributed by atoms with E-state index < -0.39 is 0 Å². The van der Waals surface area contributed by atoms with Crippen LogP contribution in [0.1, 0.15) is 21.6 Å². The lowest BCUT2D eigenvalue weighted by Gasteiger charge is -2.07. The first-order valence-corrected chi connectivity index (χ1v) is 10.7. The van der Waals surface area contributed by atoms with Gasteiger partial charge in [-0.25, -0.2) is 4.98 Å². The zero-order chi connectivity index (χ0) is 20.1. The Hall–Kier alpha value is -2.76. The number of carbonyl (C=O) groups is 1. The molecule has 2 aromatic heterocycles. The van der Waals surface area contributed by atoms with Gasteiger partial charge in [-0.3, -0.25) is 4.79 Å². The van der Waals surface area contributed by atoms with E-state index in [2.05, 4.69) is 10.3 Å². The number of nitrogens with one attached hydrogen (secondary N) is 1. The summed E-state index contributed by atoms with van der Waals surface area (Å²) in [5.41, 5.74) is 3.75. The minimum atomic E-state index is -0.0658. The third-order valence-corrected chi connectivity index (χ3v) is 5.79. The van der Waals surface area contributed by atoms with Crippen molar-refractivity contribution in [1.29, 1.82) is 0 Å². The second-order valence-electron chi connectivity index (χ2n) is 6.65. The SMILES string of the molecule is O=C(NCCc1cccc(Cl)c1)c1ccc(SCc2cn3ccccc3n2)cc1. The summed E-state index contributed by atoms with van der Waals surface area (Å²) in [4.78, 5) is 18.1. The number of aromatic nitrogens is 2. The van der Waals surface area contributed by atoms with Crippen molar-refractivity contribution in [3.05, 3.63) is 101 Å². The number of hydrogen-bond acceptors (Lipinski definition) is 3. The third kappa shape index (κ3) is 5.19. The Morgan fingerprint density at radius 1 is 1.07 bits per heavy atom. The van der Waals surface area contributed by atoms with Gasteiger partial charge in [0.25, 0.3) is 5.91 Å². The fourth-order valence-corrected chi connectivity index (χ4v) is 4.03. The Kier molecular flexibility index (Phi) is 6.17. The number of rotatable bonds is 7. The summed E-state index contributed by atoms with van der Waals surface area (Å²) in [6.45, 7) is 0.573. The van der Waals surface area contributed by atoms with Gasteiger partial charge in [0.15, 0.2) is 0 Å². The molecule has 0 aliphatic rings. The zero-order valence-electron chi connectivity index (χ0n) is 15.7. The smallest absolute Gasteiger partial charge is 0.251 e. The van der Waals surface area contributed by atoms with Crippen LogP contribution in [-0.4, -0.2) is 21.8 Å². The number of halogens is 1. The predicted octanol–water partition coefficient (Wildman–Crippen LogP) is 5.25. The molecule has 0 unspecified atom stereocenters. The molecular weight excluding hydrogens is 402 g/mol. The highest BCUT2D eigenvalue weighted by Gasteiger charge is 2.06. The monoisotopic (exact) mass is 421 g/mol. The molecule has 2 heterocycles. The molecule has 4 nitrogen and oxygen atoms in total. The van der Waals surface area contributed by atoms with Crippen molar-refractivity contribution >= 4 is 34.9 Å². The summed E-state index contributed by atoms with van der Waals surface area (Å²) in [5, 5.41) is 3.67. The van der Waals surface area contributed by atoms with Crippen LogP contribution in [-0.2, 0) is 12.2 Å². The second-order valence-corrected chi connectivity index (χ2v) is 8.13. The van der Waals surface area contributed by atoms with Crippen molar-refractivity contribution in [2.45, 2.75) is 17.1 Å². The van der Waals surface area contributed by atoms with E-state index in [9.17, 15) is 4.79 Å². The Morgan fingerprint density at radius 2 is 1.93 bits per heavy atom. The Balaban J connectivity index is 1.28. The minimum Gasteiger partial charge on any atom is -0.352 e. The largest absolute Gasteiger partial charge is 0.352 e. The molecule has 0 aliphatic carbocycles. The number of imidazole rings is 1. The van der Waals surface area contributed by atoms with E-state index in [1.54, 1.807) is 11.8 Å². The quantitative estimate of drug-likeness (QED) is 0.414. The molecule has 2 aromatic carbocycles. The fourth-order valence-electron chi connectivity index (χ4n) is 3.03. The predicted molar refractivity (Wildman–Crippen MR) is 119 cm³/mol. The van der Waals surface area contributed by atoms with Crippen LogP contribution in [0, 0.1) is 0 Å². The summed E-state index contributed by atoms with van der Waals surface area (Å²) >= 11 is 7.69. The number of carbonyl (C=O) groups excluding carboxylic acids is 1. The molecule has 0 atom stereocenters. The molecule has 4 aromatic rings. The topological polar surface area (TPSA) is 46.4 Å². The molecule has 6 heteroatoms. The van der Waals surface area contributed by atoms with Gasteiger partial charge in [-0.15, -0.1) is 11.8 Å². The Bertz CT molecular complexity index is 1090. The van der Waals surface area contributed by atoms with Gasteiger partial charge in [-0.1, -0.05) is 29.8 Å². The van der Waals surface area contributed by atoms with Gasteiger partial charge in [-0.05, 0) is 60.5 Å². The lowest BCUT2D eigenvalue weighted by atomic mass is 10.1. The highest BCUT2D eigenvalue weighted by atomic mass is 35.5. The third-order valence-electron chi connectivity index (χ3n) is 4.51. The van der Waals surface area contributed by atoms with Crippen LogP contribution in [0.25, 0.3) is 5.65 Å². The molecule has 0 saturated heterocycles. The molecule has 0 fully saturated rings. The first-order chi connectivity index (χ1) is 14.2. The first-order valence-electron chi connectivity index (χ1n) is 9.35. The van der Waals surface area contributed by atoms with E-state index >= 15 is 0 Å². The maximum absolute atomic E-state index is 12.3. The summed E-state index contributed by atoms with van der Waals surface area (Å²) in [6.07, 6.45) is 4.79. The average Bonchev–Trinajstić information content (AvgIpc) is 3.16. The standard InChI is InChI=1S/C23H20ClN3OS/c24-19-5-3-4-17(14-19)11-12-25-23(28)18-7-9-21(10-8-18)29-16-20-15-27-13-2-1-6-22(27)26-20/h1-10,13-15H,11-12,16H2,(H,25,28). The molecular formula is C23H20ClN3OS. The van der Waals surface area contributed by atoms with Gasteiger partial charge in [0.2, 0.25) is 0 Å². The van der Waals surface area contributed by atoms with Gasteiger partial charge in [0, 0.05) is 40.2 Å². The molecule has 4 rings (SSSR count). The van der Waals surface area contributed by atoms with Gasteiger partial charge < -0.3 is 9.72 Å². The van der Waals surface area contributed by atoms with Gasteiger partial charge in [0.05, 0.1) is 5.69 Å². The van der Waals surface area contributed by atoms with Gasteiger partial charge >= 0.3 is 0 Å². The summed E-state index contributed by atoms with van der Waals surface area (Å²) in [6, 6.07) is 21.3. The molecule has 1 amide bonds. The Labute approximate surface area is 178 Å². The molecule has 1 N–H and O–H groups in total. The highest BCUT2D eigenvalue weighted by molar-refractivity contribution is 7.98. The number of thioether (sulfide) groups is 1. The van der Waals surface area contributed by atoms with Crippen LogP contribution >= 0.6 is 23.4 Å². The zero-order valence-corrected chi connectivity index (χ0v) is 17.3. The molecule has 0 saturated carbocycles. The lowest BCUT2D eigenvalue weighted by Crippen LogP contribution is -2.25. The van der Waals surface area contributed by atoms with Crippen molar-refractivity contribution in [3.63, 3.8) is 0 Å². The molecule has 0 bridgehead atoms. The van der Waals surface area contributed by atoms with Crippen LogP contribution in [0.15, 0.2) is 84.0 Å². The Morgan fingerprint density at radius 3 is 2.72 bits per heavy atom. The second kappa shape index (κ2) is 9.16. The molecule has 0 spiro atoms. The average molecular weight is 422 g/mol.